The van der Waals surface area contributed by atoms with Gasteiger partial charge in [0.15, 0.2) is 11.5 Å². The molecule has 150 valence electrons. The zero-order valence-corrected chi connectivity index (χ0v) is 16.2. The smallest absolute Gasteiger partial charge is 0.240 e. The molecule has 0 spiro atoms. The third kappa shape index (κ3) is 5.47. The van der Waals surface area contributed by atoms with Crippen molar-refractivity contribution >= 4 is 21.6 Å². The summed E-state index contributed by atoms with van der Waals surface area (Å²) in [5, 5.41) is 2.79. The van der Waals surface area contributed by atoms with E-state index in [0.29, 0.717) is 23.7 Å². The summed E-state index contributed by atoms with van der Waals surface area (Å²) in [4.78, 5) is 14.5. The molecule has 2 aliphatic rings. The van der Waals surface area contributed by atoms with Gasteiger partial charge in [0.25, 0.3) is 0 Å². The normalized spacial score (nSPS) is 16.9. The van der Waals surface area contributed by atoms with Gasteiger partial charge in [-0.25, -0.2) is 8.42 Å². The number of ether oxygens (including phenoxy) is 3. The van der Waals surface area contributed by atoms with E-state index < -0.39 is 10.0 Å². The molecular weight excluding hydrogens is 374 g/mol. The maximum absolute atomic E-state index is 12.3. The van der Waals surface area contributed by atoms with Gasteiger partial charge in [-0.3, -0.25) is 14.0 Å². The van der Waals surface area contributed by atoms with Crippen LogP contribution in [0.1, 0.15) is 6.42 Å². The van der Waals surface area contributed by atoms with Gasteiger partial charge in [0.05, 0.1) is 25.2 Å². The van der Waals surface area contributed by atoms with E-state index in [2.05, 4.69) is 10.2 Å². The monoisotopic (exact) mass is 399 g/mol. The van der Waals surface area contributed by atoms with Gasteiger partial charge in [-0.1, -0.05) is 0 Å². The van der Waals surface area contributed by atoms with Crippen molar-refractivity contribution in [2.24, 2.45) is 0 Å². The second-order valence-electron chi connectivity index (χ2n) is 6.46. The number of carbonyl (C=O) groups is 1. The number of rotatable bonds is 8. The van der Waals surface area contributed by atoms with Crippen LogP contribution in [-0.4, -0.2) is 78.2 Å². The summed E-state index contributed by atoms with van der Waals surface area (Å²) in [6.45, 7) is 4.48. The number of nitrogens with zero attached hydrogens (tertiary/aromatic N) is 2. The molecule has 0 saturated carbocycles. The molecule has 10 heteroatoms. The average molecular weight is 399 g/mol. The Bertz CT molecular complexity index is 764. The summed E-state index contributed by atoms with van der Waals surface area (Å²) >= 11 is 0. The number of carbonyl (C=O) groups excluding carboxylic acids is 1. The molecule has 1 N–H and O–H groups in total. The van der Waals surface area contributed by atoms with Crippen LogP contribution in [-0.2, 0) is 19.6 Å². The van der Waals surface area contributed by atoms with Crippen LogP contribution in [0.4, 0.5) is 5.69 Å². The van der Waals surface area contributed by atoms with E-state index in [0.717, 1.165) is 49.8 Å². The number of morpholine rings is 1. The second kappa shape index (κ2) is 8.77. The third-order valence-electron chi connectivity index (χ3n) is 4.41. The molecule has 0 aliphatic carbocycles. The summed E-state index contributed by atoms with van der Waals surface area (Å²) in [6.07, 6.45) is 1.87. The molecule has 0 radical (unpaired) electrons. The molecule has 0 aromatic heterocycles. The highest BCUT2D eigenvalue weighted by Gasteiger charge is 2.23. The van der Waals surface area contributed by atoms with Crippen LogP contribution in [0.15, 0.2) is 18.2 Å². The first-order valence-electron chi connectivity index (χ1n) is 8.87. The van der Waals surface area contributed by atoms with Crippen LogP contribution in [0.3, 0.4) is 0 Å². The van der Waals surface area contributed by atoms with Crippen LogP contribution in [0.25, 0.3) is 0 Å². The zero-order valence-electron chi connectivity index (χ0n) is 15.3. The van der Waals surface area contributed by atoms with Gasteiger partial charge in [-0.05, 0) is 25.1 Å². The fraction of sp³-hybridized carbons (Fsp3) is 0.588. The van der Waals surface area contributed by atoms with E-state index >= 15 is 0 Å². The molecule has 1 aromatic carbocycles. The van der Waals surface area contributed by atoms with Crippen LogP contribution in [0.2, 0.25) is 0 Å². The molecule has 2 heterocycles. The number of hydrogen-bond acceptors (Lipinski definition) is 7. The Morgan fingerprint density at radius 1 is 1.22 bits per heavy atom. The molecule has 0 atom stereocenters. The molecule has 1 saturated heterocycles. The third-order valence-corrected chi connectivity index (χ3v) is 5.55. The van der Waals surface area contributed by atoms with Crippen LogP contribution in [0.5, 0.6) is 11.5 Å². The van der Waals surface area contributed by atoms with Gasteiger partial charge in [0.2, 0.25) is 22.7 Å². The van der Waals surface area contributed by atoms with Crippen molar-refractivity contribution in [1.29, 1.82) is 0 Å². The van der Waals surface area contributed by atoms with Gasteiger partial charge in [-0.2, -0.15) is 0 Å². The van der Waals surface area contributed by atoms with Gasteiger partial charge >= 0.3 is 0 Å². The lowest BCUT2D eigenvalue weighted by atomic mass is 10.2. The van der Waals surface area contributed by atoms with Crippen LogP contribution in [0, 0.1) is 0 Å². The van der Waals surface area contributed by atoms with Crippen molar-refractivity contribution < 1.29 is 27.4 Å². The zero-order chi connectivity index (χ0) is 19.3. The van der Waals surface area contributed by atoms with E-state index in [9.17, 15) is 13.2 Å². The summed E-state index contributed by atoms with van der Waals surface area (Å²) in [5.41, 5.74) is 0.366. The Labute approximate surface area is 159 Å². The highest BCUT2D eigenvalue weighted by atomic mass is 32.2. The molecular formula is C17H25N3O6S. The maximum atomic E-state index is 12.3. The van der Waals surface area contributed by atoms with E-state index in [1.807, 2.05) is 0 Å². The summed E-state index contributed by atoms with van der Waals surface area (Å²) in [7, 11) is -3.62. The van der Waals surface area contributed by atoms with Gasteiger partial charge < -0.3 is 19.5 Å². The Morgan fingerprint density at radius 2 is 1.96 bits per heavy atom. The minimum atomic E-state index is -3.62. The molecule has 1 fully saturated rings. The molecule has 0 unspecified atom stereocenters. The number of hydrogen-bond donors (Lipinski definition) is 1. The van der Waals surface area contributed by atoms with E-state index in [1.165, 1.54) is 0 Å². The highest BCUT2D eigenvalue weighted by Crippen LogP contribution is 2.35. The largest absolute Gasteiger partial charge is 0.454 e. The first-order valence-corrected chi connectivity index (χ1v) is 10.7. The molecule has 1 amide bonds. The summed E-state index contributed by atoms with van der Waals surface area (Å²) < 4.78 is 41.2. The quantitative estimate of drug-likeness (QED) is 0.616. The van der Waals surface area contributed by atoms with Crippen LogP contribution >= 0.6 is 0 Å². The van der Waals surface area contributed by atoms with Gasteiger partial charge in [0, 0.05) is 25.7 Å². The molecule has 3 rings (SSSR count). The molecule has 0 bridgehead atoms. The second-order valence-corrected chi connectivity index (χ2v) is 8.37. The molecule has 27 heavy (non-hydrogen) atoms. The Kier molecular flexibility index (Phi) is 6.40. The predicted octanol–water partition coefficient (Wildman–Crippen LogP) is 0.0198. The van der Waals surface area contributed by atoms with Crippen molar-refractivity contribution in [2.75, 3.05) is 63.3 Å². The molecule has 2 aliphatic heterocycles. The minimum absolute atomic E-state index is 0.0985. The number of nitrogens with one attached hydrogen (secondary N) is 1. The van der Waals surface area contributed by atoms with E-state index in [4.69, 9.17) is 14.2 Å². The minimum Gasteiger partial charge on any atom is -0.454 e. The number of sulfonamides is 1. The number of anilines is 1. The highest BCUT2D eigenvalue weighted by molar-refractivity contribution is 7.92. The Morgan fingerprint density at radius 3 is 2.70 bits per heavy atom. The molecule has 9 nitrogen and oxygen atoms in total. The van der Waals surface area contributed by atoms with E-state index in [1.54, 1.807) is 18.2 Å². The SMILES string of the molecule is CS(=O)(=O)N(CC(=O)NCCCN1CCOCC1)c1ccc2c(c1)OCO2. The van der Waals surface area contributed by atoms with Gasteiger partial charge in [-0.15, -0.1) is 0 Å². The van der Waals surface area contributed by atoms with Crippen molar-refractivity contribution in [3.63, 3.8) is 0 Å². The average Bonchev–Trinajstić information content (AvgIpc) is 3.11. The lowest BCUT2D eigenvalue weighted by Gasteiger charge is -2.26. The van der Waals surface area contributed by atoms with E-state index in [-0.39, 0.29) is 19.2 Å². The predicted molar refractivity (Wildman–Crippen MR) is 99.6 cm³/mol. The number of benzene rings is 1. The maximum Gasteiger partial charge on any atom is 0.240 e. The number of fused-ring (bicyclic) bond motifs is 1. The van der Waals surface area contributed by atoms with Crippen LogP contribution < -0.4 is 19.1 Å². The van der Waals surface area contributed by atoms with Crippen molar-refractivity contribution in [2.45, 2.75) is 6.42 Å². The fourth-order valence-electron chi connectivity index (χ4n) is 2.98. The first-order chi connectivity index (χ1) is 12.9. The topological polar surface area (TPSA) is 97.4 Å². The summed E-state index contributed by atoms with van der Waals surface area (Å²) in [5.74, 6) is 0.673. The summed E-state index contributed by atoms with van der Waals surface area (Å²) in [6, 6.07) is 4.80. The number of amides is 1. The van der Waals surface area contributed by atoms with Crippen molar-refractivity contribution in [1.82, 2.24) is 10.2 Å². The molecule has 1 aromatic rings. The van der Waals surface area contributed by atoms with Crippen molar-refractivity contribution in [3.05, 3.63) is 18.2 Å². The lowest BCUT2D eigenvalue weighted by molar-refractivity contribution is -0.119. The van der Waals surface area contributed by atoms with Gasteiger partial charge in [0.1, 0.15) is 6.54 Å². The standard InChI is InChI=1S/C17H25N3O6S/c1-27(22,23)20(14-3-4-15-16(11-14)26-13-25-15)12-17(21)18-5-2-6-19-7-9-24-10-8-19/h3-4,11H,2,5-10,12-13H2,1H3,(H,18,21). The Hall–Kier alpha value is -2.04. The fourth-order valence-corrected chi connectivity index (χ4v) is 3.83. The first kappa shape index (κ1) is 19.7. The lowest BCUT2D eigenvalue weighted by Crippen LogP contribution is -2.41. The van der Waals surface area contributed by atoms with Crippen molar-refractivity contribution in [3.8, 4) is 11.5 Å². The Balaban J connectivity index is 1.52.